The number of aryl methyl sites for hydroxylation is 1. The fourth-order valence-corrected chi connectivity index (χ4v) is 4.65. The molecule has 4 heteroatoms. The topological polar surface area (TPSA) is 49.4 Å². The highest BCUT2D eigenvalue weighted by atomic mass is 16.2. The van der Waals surface area contributed by atoms with Crippen molar-refractivity contribution >= 4 is 11.7 Å². The summed E-state index contributed by atoms with van der Waals surface area (Å²) >= 11 is 0. The van der Waals surface area contributed by atoms with Gasteiger partial charge in [-0.1, -0.05) is 24.3 Å². The van der Waals surface area contributed by atoms with Gasteiger partial charge in [-0.15, -0.1) is 0 Å². The van der Waals surface area contributed by atoms with Gasteiger partial charge in [0.2, 0.25) is 5.91 Å². The van der Waals surface area contributed by atoms with E-state index in [0.717, 1.165) is 58.2 Å². The van der Waals surface area contributed by atoms with E-state index in [1.165, 1.54) is 11.1 Å². The van der Waals surface area contributed by atoms with Gasteiger partial charge in [0, 0.05) is 24.9 Å². The monoisotopic (exact) mass is 326 g/mol. The molecule has 4 rings (SSSR count). The first-order valence-electron chi connectivity index (χ1n) is 9.37. The summed E-state index contributed by atoms with van der Waals surface area (Å²) in [7, 11) is 0. The second kappa shape index (κ2) is 6.67. The first-order chi connectivity index (χ1) is 11.7. The van der Waals surface area contributed by atoms with Crippen molar-refractivity contribution < 1.29 is 9.59 Å². The highest BCUT2D eigenvalue weighted by Crippen LogP contribution is 2.31. The maximum atomic E-state index is 13.1. The van der Waals surface area contributed by atoms with Crippen molar-refractivity contribution in [3.63, 3.8) is 0 Å². The second-order valence-electron chi connectivity index (χ2n) is 7.47. The van der Waals surface area contributed by atoms with Gasteiger partial charge in [0.25, 0.3) is 0 Å². The summed E-state index contributed by atoms with van der Waals surface area (Å²) in [5.41, 5.74) is 2.70. The Morgan fingerprint density at radius 3 is 2.58 bits per heavy atom. The molecule has 1 aromatic carbocycles. The van der Waals surface area contributed by atoms with Crippen LogP contribution in [0.5, 0.6) is 0 Å². The Bertz CT molecular complexity index is 636. The van der Waals surface area contributed by atoms with Crippen LogP contribution in [0.15, 0.2) is 24.3 Å². The normalized spacial score (nSPS) is 29.5. The molecule has 0 saturated carbocycles. The summed E-state index contributed by atoms with van der Waals surface area (Å²) in [6.07, 6.45) is 5.75. The predicted octanol–water partition coefficient (Wildman–Crippen LogP) is 1.96. The fourth-order valence-electron chi connectivity index (χ4n) is 4.65. The molecule has 3 atom stereocenters. The Morgan fingerprint density at radius 1 is 1.04 bits per heavy atom. The number of ketones is 1. The van der Waals surface area contributed by atoms with Crippen LogP contribution in [-0.2, 0) is 22.4 Å². The lowest BCUT2D eigenvalue weighted by atomic mass is 9.77. The lowest BCUT2D eigenvalue weighted by molar-refractivity contribution is -0.137. The molecule has 1 N–H and O–H groups in total. The fraction of sp³-hybridized carbons (Fsp3) is 0.600. The van der Waals surface area contributed by atoms with Gasteiger partial charge in [-0.25, -0.2) is 0 Å². The van der Waals surface area contributed by atoms with E-state index in [1.807, 2.05) is 4.90 Å². The summed E-state index contributed by atoms with van der Waals surface area (Å²) in [4.78, 5) is 27.8. The van der Waals surface area contributed by atoms with Crippen LogP contribution in [0.2, 0.25) is 0 Å². The molecule has 3 aliphatic rings. The molecular formula is C20H26N2O2. The molecule has 2 fully saturated rings. The quantitative estimate of drug-likeness (QED) is 0.924. The van der Waals surface area contributed by atoms with Gasteiger partial charge in [-0.3, -0.25) is 9.59 Å². The maximum absolute atomic E-state index is 13.1. The first kappa shape index (κ1) is 15.8. The molecule has 1 aliphatic carbocycles. The van der Waals surface area contributed by atoms with Crippen molar-refractivity contribution in [2.24, 2.45) is 11.8 Å². The number of nitrogens with one attached hydrogen (secondary N) is 1. The standard InChI is InChI=1S/C20H26N2O2/c23-19(16-8-7-14-5-1-2-6-15(14)13-16)17-9-10-21-18(17)20(24)22-11-3-4-12-22/h1-2,5-6,16-18,21H,3-4,7-13H2/t16?,17?,18-/m1/s1. The van der Waals surface area contributed by atoms with Crippen molar-refractivity contribution in [3.8, 4) is 0 Å². The number of carbonyl (C=O) groups is 2. The average Bonchev–Trinajstić information content (AvgIpc) is 3.31. The number of hydrogen-bond donors (Lipinski definition) is 1. The maximum Gasteiger partial charge on any atom is 0.240 e. The van der Waals surface area contributed by atoms with Crippen LogP contribution < -0.4 is 5.32 Å². The van der Waals surface area contributed by atoms with E-state index in [0.29, 0.717) is 5.78 Å². The molecule has 1 aromatic rings. The molecular weight excluding hydrogens is 300 g/mol. The molecule has 2 saturated heterocycles. The van der Waals surface area contributed by atoms with Crippen LogP contribution >= 0.6 is 0 Å². The summed E-state index contributed by atoms with van der Waals surface area (Å²) in [5, 5.41) is 3.31. The van der Waals surface area contributed by atoms with Gasteiger partial charge in [-0.05, 0) is 56.2 Å². The Morgan fingerprint density at radius 2 is 1.79 bits per heavy atom. The summed E-state index contributed by atoms with van der Waals surface area (Å²) in [5.74, 6) is 0.415. The molecule has 0 spiro atoms. The average molecular weight is 326 g/mol. The SMILES string of the molecule is O=C(C1CCc2ccccc2C1)C1CCN[C@H]1C(=O)N1CCCC1. The number of likely N-dealkylation sites (tertiary alicyclic amines) is 1. The third-order valence-corrected chi connectivity index (χ3v) is 6.02. The number of Topliss-reactive ketones (excluding diaryl/α,β-unsaturated/α-hetero) is 1. The summed E-state index contributed by atoms with van der Waals surface area (Å²) in [6, 6.07) is 8.17. The minimum Gasteiger partial charge on any atom is -0.341 e. The molecule has 2 unspecified atom stereocenters. The molecule has 0 bridgehead atoms. The highest BCUT2D eigenvalue weighted by molar-refractivity contribution is 5.93. The number of nitrogens with zero attached hydrogens (tertiary/aromatic N) is 1. The van der Waals surface area contributed by atoms with Crippen LogP contribution in [0.25, 0.3) is 0 Å². The number of benzene rings is 1. The van der Waals surface area contributed by atoms with Crippen molar-refractivity contribution in [1.29, 1.82) is 0 Å². The number of amides is 1. The van der Waals surface area contributed by atoms with Crippen LogP contribution in [0.1, 0.15) is 36.8 Å². The van der Waals surface area contributed by atoms with E-state index >= 15 is 0 Å². The highest BCUT2D eigenvalue weighted by Gasteiger charge is 2.42. The van der Waals surface area contributed by atoms with E-state index in [9.17, 15) is 9.59 Å². The summed E-state index contributed by atoms with van der Waals surface area (Å²) in [6.45, 7) is 2.49. The smallest absolute Gasteiger partial charge is 0.240 e. The Kier molecular flexibility index (Phi) is 4.40. The van der Waals surface area contributed by atoms with Crippen LogP contribution in [-0.4, -0.2) is 42.3 Å². The zero-order chi connectivity index (χ0) is 16.5. The number of hydrogen-bond acceptors (Lipinski definition) is 3. The zero-order valence-electron chi connectivity index (χ0n) is 14.2. The van der Waals surface area contributed by atoms with Gasteiger partial charge in [0.15, 0.2) is 0 Å². The predicted molar refractivity (Wildman–Crippen MR) is 92.7 cm³/mol. The van der Waals surface area contributed by atoms with Gasteiger partial charge in [-0.2, -0.15) is 0 Å². The van der Waals surface area contributed by atoms with E-state index in [4.69, 9.17) is 0 Å². The van der Waals surface area contributed by atoms with Crippen molar-refractivity contribution in [3.05, 3.63) is 35.4 Å². The first-order valence-corrected chi connectivity index (χ1v) is 9.37. The Hall–Kier alpha value is -1.68. The van der Waals surface area contributed by atoms with Crippen molar-refractivity contribution in [2.75, 3.05) is 19.6 Å². The second-order valence-corrected chi connectivity index (χ2v) is 7.47. The zero-order valence-corrected chi connectivity index (χ0v) is 14.2. The molecule has 0 radical (unpaired) electrons. The van der Waals surface area contributed by atoms with Crippen LogP contribution in [0, 0.1) is 11.8 Å². The molecule has 4 nitrogen and oxygen atoms in total. The van der Waals surface area contributed by atoms with E-state index in [2.05, 4.69) is 29.6 Å². The molecule has 128 valence electrons. The minimum absolute atomic E-state index is 0.0821. The largest absolute Gasteiger partial charge is 0.341 e. The van der Waals surface area contributed by atoms with Crippen molar-refractivity contribution in [2.45, 2.75) is 44.6 Å². The van der Waals surface area contributed by atoms with Gasteiger partial charge in [0.05, 0.1) is 6.04 Å². The molecule has 2 aliphatic heterocycles. The molecule has 0 aromatic heterocycles. The third-order valence-electron chi connectivity index (χ3n) is 6.02. The van der Waals surface area contributed by atoms with E-state index < -0.39 is 0 Å². The lowest BCUT2D eigenvalue weighted by Crippen LogP contribution is -2.48. The lowest BCUT2D eigenvalue weighted by Gasteiger charge is -2.29. The van der Waals surface area contributed by atoms with E-state index in [-0.39, 0.29) is 23.8 Å². The van der Waals surface area contributed by atoms with Gasteiger partial charge >= 0.3 is 0 Å². The van der Waals surface area contributed by atoms with Crippen molar-refractivity contribution in [1.82, 2.24) is 10.2 Å². The van der Waals surface area contributed by atoms with Gasteiger partial charge in [0.1, 0.15) is 5.78 Å². The minimum atomic E-state index is -0.284. The van der Waals surface area contributed by atoms with E-state index in [1.54, 1.807) is 0 Å². The molecule has 24 heavy (non-hydrogen) atoms. The number of fused-ring (bicyclic) bond motifs is 1. The van der Waals surface area contributed by atoms with Crippen LogP contribution in [0.4, 0.5) is 0 Å². The number of carbonyl (C=O) groups excluding carboxylic acids is 2. The van der Waals surface area contributed by atoms with Gasteiger partial charge < -0.3 is 10.2 Å². The Labute approximate surface area is 143 Å². The van der Waals surface area contributed by atoms with Crippen LogP contribution in [0.3, 0.4) is 0 Å². The Balaban J connectivity index is 1.46. The molecule has 2 heterocycles. The molecule has 1 amide bonds. The summed E-state index contributed by atoms with van der Waals surface area (Å²) < 4.78 is 0. The number of rotatable bonds is 3. The third kappa shape index (κ3) is 2.88.